The number of rotatable bonds is 1. The molecule has 0 aromatic carbocycles. The molecule has 0 radical (unpaired) electrons. The van der Waals surface area contributed by atoms with Crippen molar-refractivity contribution < 1.29 is 4.58 Å². The Bertz CT molecular complexity index is 246. The standard InChI is InChI=1S/C13H22N/c1-14(2)8-9-5-12-10-3-4-11(7-10)13(12)6-9/h8-13H,3-7H2,1-2H3/q+1. The van der Waals surface area contributed by atoms with E-state index in [0.29, 0.717) is 0 Å². The summed E-state index contributed by atoms with van der Waals surface area (Å²) in [6.45, 7) is 0. The average Bonchev–Trinajstić information content (AvgIpc) is 2.69. The molecule has 0 heterocycles. The summed E-state index contributed by atoms with van der Waals surface area (Å²) in [6.07, 6.45) is 10.2. The van der Waals surface area contributed by atoms with Crippen LogP contribution in [0.5, 0.6) is 0 Å². The van der Waals surface area contributed by atoms with Gasteiger partial charge in [-0.2, -0.15) is 0 Å². The molecule has 1 heteroatoms. The second kappa shape index (κ2) is 3.08. The first kappa shape index (κ1) is 8.94. The van der Waals surface area contributed by atoms with Crippen LogP contribution in [0.2, 0.25) is 0 Å². The second-order valence-electron chi connectivity index (χ2n) is 6.01. The van der Waals surface area contributed by atoms with Gasteiger partial charge in [0, 0.05) is 5.92 Å². The summed E-state index contributed by atoms with van der Waals surface area (Å²) in [5.74, 6) is 5.41. The Morgan fingerprint density at radius 2 is 1.50 bits per heavy atom. The van der Waals surface area contributed by atoms with Crippen molar-refractivity contribution in [3.05, 3.63) is 0 Å². The molecule has 4 unspecified atom stereocenters. The van der Waals surface area contributed by atoms with Crippen LogP contribution in [0.15, 0.2) is 0 Å². The normalized spacial score (nSPS) is 49.4. The Balaban J connectivity index is 1.74. The highest BCUT2D eigenvalue weighted by Crippen LogP contribution is 2.59. The molecule has 1 nitrogen and oxygen atoms in total. The van der Waals surface area contributed by atoms with Gasteiger partial charge in [-0.1, -0.05) is 0 Å². The zero-order valence-corrected chi connectivity index (χ0v) is 9.45. The van der Waals surface area contributed by atoms with E-state index in [9.17, 15) is 0 Å². The van der Waals surface area contributed by atoms with E-state index in [-0.39, 0.29) is 0 Å². The Labute approximate surface area is 87.2 Å². The molecule has 0 aliphatic heterocycles. The summed E-state index contributed by atoms with van der Waals surface area (Å²) in [6, 6.07) is 0. The zero-order valence-electron chi connectivity index (χ0n) is 9.45. The van der Waals surface area contributed by atoms with Gasteiger partial charge in [0.25, 0.3) is 0 Å². The third-order valence-electron chi connectivity index (χ3n) is 4.93. The van der Waals surface area contributed by atoms with E-state index in [1.807, 2.05) is 0 Å². The SMILES string of the molecule is C[N+](C)=CC1CC2C3CCC(C3)C2C1. The Hall–Kier alpha value is -0.330. The molecule has 14 heavy (non-hydrogen) atoms. The zero-order chi connectivity index (χ0) is 9.71. The number of nitrogens with zero attached hydrogens (tertiary/aromatic N) is 1. The average molecular weight is 192 g/mol. The predicted octanol–water partition coefficient (Wildman–Crippen LogP) is 2.40. The maximum Gasteiger partial charge on any atom is 0.142 e. The molecule has 0 N–H and O–H groups in total. The van der Waals surface area contributed by atoms with Crippen LogP contribution in [-0.2, 0) is 0 Å². The lowest BCUT2D eigenvalue weighted by molar-refractivity contribution is -0.461. The lowest BCUT2D eigenvalue weighted by Gasteiger charge is -2.23. The van der Waals surface area contributed by atoms with Crippen molar-refractivity contribution in [3.8, 4) is 0 Å². The van der Waals surface area contributed by atoms with Crippen molar-refractivity contribution in [1.82, 2.24) is 0 Å². The molecule has 3 aliphatic carbocycles. The topological polar surface area (TPSA) is 3.01 Å². The highest BCUT2D eigenvalue weighted by atomic mass is 14.9. The molecule has 3 rings (SSSR count). The fourth-order valence-corrected chi connectivity index (χ4v) is 4.60. The smallest absolute Gasteiger partial charge is 0.142 e. The van der Waals surface area contributed by atoms with Crippen molar-refractivity contribution in [3.63, 3.8) is 0 Å². The molecule has 3 saturated carbocycles. The molecule has 0 saturated heterocycles. The maximum absolute atomic E-state index is 2.46. The Morgan fingerprint density at radius 3 is 2.00 bits per heavy atom. The highest BCUT2D eigenvalue weighted by molar-refractivity contribution is 5.55. The minimum absolute atomic E-state index is 0.906. The second-order valence-corrected chi connectivity index (χ2v) is 6.01. The first-order valence-corrected chi connectivity index (χ1v) is 6.25. The van der Waals surface area contributed by atoms with Crippen molar-refractivity contribution in [2.45, 2.75) is 32.1 Å². The van der Waals surface area contributed by atoms with Crippen molar-refractivity contribution in [2.75, 3.05) is 14.1 Å². The van der Waals surface area contributed by atoms with Crippen molar-refractivity contribution >= 4 is 6.21 Å². The number of hydrogen-bond acceptors (Lipinski definition) is 0. The monoisotopic (exact) mass is 192 g/mol. The predicted molar refractivity (Wildman–Crippen MR) is 58.7 cm³/mol. The van der Waals surface area contributed by atoms with Crippen LogP contribution in [0.1, 0.15) is 32.1 Å². The van der Waals surface area contributed by atoms with Gasteiger partial charge in [0.15, 0.2) is 0 Å². The van der Waals surface area contributed by atoms with Gasteiger partial charge in [-0.05, 0) is 55.8 Å². The first-order valence-electron chi connectivity index (χ1n) is 6.25. The van der Waals surface area contributed by atoms with Gasteiger partial charge < -0.3 is 0 Å². The molecule has 0 aromatic heterocycles. The lowest BCUT2D eigenvalue weighted by atomic mass is 9.82. The summed E-state index contributed by atoms with van der Waals surface area (Å²) >= 11 is 0. The van der Waals surface area contributed by atoms with E-state index in [1.165, 1.54) is 12.8 Å². The van der Waals surface area contributed by atoms with E-state index in [4.69, 9.17) is 0 Å². The molecular weight excluding hydrogens is 170 g/mol. The highest BCUT2D eigenvalue weighted by Gasteiger charge is 2.51. The van der Waals surface area contributed by atoms with E-state index >= 15 is 0 Å². The minimum atomic E-state index is 0.906. The third-order valence-corrected chi connectivity index (χ3v) is 4.93. The van der Waals surface area contributed by atoms with Gasteiger partial charge in [-0.25, -0.2) is 4.58 Å². The molecular formula is C13H22N+. The largest absolute Gasteiger partial charge is 0.245 e. The summed E-state index contributed by atoms with van der Waals surface area (Å²) in [5, 5.41) is 0. The number of fused-ring (bicyclic) bond motifs is 5. The number of hydrogen-bond donors (Lipinski definition) is 0. The first-order chi connectivity index (χ1) is 6.74. The summed E-state index contributed by atoms with van der Waals surface area (Å²) in [5.41, 5.74) is 0. The fourth-order valence-electron chi connectivity index (χ4n) is 4.60. The molecule has 3 aliphatic rings. The van der Waals surface area contributed by atoms with Crippen LogP contribution < -0.4 is 0 Å². The summed E-state index contributed by atoms with van der Waals surface area (Å²) in [7, 11) is 4.34. The lowest BCUT2D eigenvalue weighted by Crippen LogP contribution is -2.15. The third kappa shape index (κ3) is 1.24. The summed E-state index contributed by atoms with van der Waals surface area (Å²) < 4.78 is 2.26. The molecule has 2 bridgehead atoms. The van der Waals surface area contributed by atoms with Crippen LogP contribution in [0.25, 0.3) is 0 Å². The molecule has 3 fully saturated rings. The maximum atomic E-state index is 2.46. The van der Waals surface area contributed by atoms with Crippen molar-refractivity contribution in [2.24, 2.45) is 29.6 Å². The van der Waals surface area contributed by atoms with Crippen LogP contribution in [-0.4, -0.2) is 24.9 Å². The quantitative estimate of drug-likeness (QED) is 0.443. The van der Waals surface area contributed by atoms with Gasteiger partial charge in [0.1, 0.15) is 20.3 Å². The van der Waals surface area contributed by atoms with Gasteiger partial charge >= 0.3 is 0 Å². The van der Waals surface area contributed by atoms with Gasteiger partial charge in [-0.15, -0.1) is 0 Å². The molecule has 0 amide bonds. The Kier molecular flexibility index (Phi) is 1.97. The Morgan fingerprint density at radius 1 is 0.929 bits per heavy atom. The fraction of sp³-hybridized carbons (Fsp3) is 0.923. The summed E-state index contributed by atoms with van der Waals surface area (Å²) in [4.78, 5) is 0. The van der Waals surface area contributed by atoms with Crippen molar-refractivity contribution in [1.29, 1.82) is 0 Å². The van der Waals surface area contributed by atoms with Crippen LogP contribution >= 0.6 is 0 Å². The van der Waals surface area contributed by atoms with E-state index < -0.39 is 0 Å². The van der Waals surface area contributed by atoms with Crippen LogP contribution in [0.4, 0.5) is 0 Å². The van der Waals surface area contributed by atoms with E-state index in [2.05, 4.69) is 24.9 Å². The van der Waals surface area contributed by atoms with Gasteiger partial charge in [0.05, 0.1) is 0 Å². The van der Waals surface area contributed by atoms with E-state index in [1.54, 1.807) is 19.3 Å². The van der Waals surface area contributed by atoms with E-state index in [0.717, 1.165) is 29.6 Å². The van der Waals surface area contributed by atoms with Gasteiger partial charge in [-0.3, -0.25) is 0 Å². The van der Waals surface area contributed by atoms with Gasteiger partial charge in [0.2, 0.25) is 0 Å². The minimum Gasteiger partial charge on any atom is -0.245 e. The molecule has 4 atom stereocenters. The molecule has 0 spiro atoms. The van der Waals surface area contributed by atoms with Crippen LogP contribution in [0.3, 0.4) is 0 Å². The molecule has 78 valence electrons. The molecule has 0 aromatic rings. The van der Waals surface area contributed by atoms with Crippen LogP contribution in [0, 0.1) is 29.6 Å².